The molecule has 0 saturated heterocycles. The van der Waals surface area contributed by atoms with E-state index in [4.69, 9.17) is 4.74 Å². The zero-order chi connectivity index (χ0) is 21.1. The normalized spacial score (nSPS) is 12.2. The molecular formula is C20H24N2O5S. The summed E-state index contributed by atoms with van der Waals surface area (Å²) in [5, 5.41) is 0. The summed E-state index contributed by atoms with van der Waals surface area (Å²) in [6, 6.07) is 11.2. The molecule has 0 saturated carbocycles. The summed E-state index contributed by atoms with van der Waals surface area (Å²) in [5.74, 6) is -1.16. The highest BCUT2D eigenvalue weighted by Gasteiger charge is 2.24. The van der Waals surface area contributed by atoms with Crippen molar-refractivity contribution in [1.29, 1.82) is 0 Å². The predicted molar refractivity (Wildman–Crippen MR) is 107 cm³/mol. The van der Waals surface area contributed by atoms with Gasteiger partial charge >= 0.3 is 5.97 Å². The number of carbonyl (C=O) groups excluding carboxylic acids is 2. The van der Waals surface area contributed by atoms with Gasteiger partial charge in [0.2, 0.25) is 0 Å². The first-order valence-electron chi connectivity index (χ1n) is 8.64. The van der Waals surface area contributed by atoms with Gasteiger partial charge in [-0.25, -0.2) is 13.2 Å². The van der Waals surface area contributed by atoms with Crippen LogP contribution in [0.25, 0.3) is 0 Å². The molecule has 7 nitrogen and oxygen atoms in total. The van der Waals surface area contributed by atoms with Crippen molar-refractivity contribution in [3.05, 3.63) is 59.2 Å². The van der Waals surface area contributed by atoms with E-state index < -0.39 is 22.1 Å². The molecule has 1 amide bonds. The van der Waals surface area contributed by atoms with Crippen molar-refractivity contribution in [2.45, 2.75) is 31.8 Å². The van der Waals surface area contributed by atoms with Crippen molar-refractivity contribution in [2.24, 2.45) is 0 Å². The number of nitrogens with one attached hydrogen (secondary N) is 1. The molecule has 0 radical (unpaired) electrons. The van der Waals surface area contributed by atoms with Gasteiger partial charge in [0.1, 0.15) is 0 Å². The lowest BCUT2D eigenvalue weighted by molar-refractivity contribution is -0.137. The Bertz CT molecular complexity index is 999. The number of anilines is 1. The van der Waals surface area contributed by atoms with Crippen LogP contribution < -0.4 is 4.72 Å². The molecule has 2 rings (SSSR count). The number of para-hydroxylation sites is 1. The van der Waals surface area contributed by atoms with E-state index in [1.807, 2.05) is 6.07 Å². The fraction of sp³-hybridized carbons (Fsp3) is 0.300. The van der Waals surface area contributed by atoms with Gasteiger partial charge in [0, 0.05) is 14.1 Å². The third-order valence-electron chi connectivity index (χ3n) is 4.10. The van der Waals surface area contributed by atoms with Crippen molar-refractivity contribution in [3.8, 4) is 0 Å². The van der Waals surface area contributed by atoms with Crippen LogP contribution in [0.2, 0.25) is 0 Å². The lowest BCUT2D eigenvalue weighted by Gasteiger charge is -2.18. The number of aryl methyl sites for hydroxylation is 2. The number of hydrogen-bond acceptors (Lipinski definition) is 5. The molecule has 28 heavy (non-hydrogen) atoms. The summed E-state index contributed by atoms with van der Waals surface area (Å²) < 4.78 is 33.3. The second kappa shape index (κ2) is 8.43. The monoisotopic (exact) mass is 404 g/mol. The topological polar surface area (TPSA) is 92.8 Å². The summed E-state index contributed by atoms with van der Waals surface area (Å²) >= 11 is 0. The number of rotatable bonds is 6. The Morgan fingerprint density at radius 3 is 2.36 bits per heavy atom. The van der Waals surface area contributed by atoms with E-state index in [1.54, 1.807) is 52.2 Å². The quantitative estimate of drug-likeness (QED) is 0.748. The van der Waals surface area contributed by atoms with Gasteiger partial charge in [-0.2, -0.15) is 0 Å². The van der Waals surface area contributed by atoms with E-state index in [1.165, 1.54) is 24.0 Å². The van der Waals surface area contributed by atoms with Crippen LogP contribution in [0.1, 0.15) is 28.4 Å². The molecule has 8 heteroatoms. The first-order valence-corrected chi connectivity index (χ1v) is 10.1. The molecule has 0 bridgehead atoms. The lowest BCUT2D eigenvalue weighted by atomic mass is 10.2. The Morgan fingerprint density at radius 1 is 1.07 bits per heavy atom. The van der Waals surface area contributed by atoms with Gasteiger partial charge in [0.05, 0.1) is 16.1 Å². The molecule has 0 spiro atoms. The number of ether oxygens (including phenoxy) is 1. The highest BCUT2D eigenvalue weighted by Crippen LogP contribution is 2.24. The molecule has 0 aliphatic heterocycles. The number of benzene rings is 2. The number of esters is 1. The maximum absolute atomic E-state index is 12.8. The molecule has 0 aromatic heterocycles. The summed E-state index contributed by atoms with van der Waals surface area (Å²) in [4.78, 5) is 25.9. The van der Waals surface area contributed by atoms with Gasteiger partial charge in [0.25, 0.3) is 15.9 Å². The van der Waals surface area contributed by atoms with Crippen LogP contribution in [-0.2, 0) is 19.6 Å². The molecule has 2 aromatic carbocycles. The maximum atomic E-state index is 12.8. The molecular weight excluding hydrogens is 380 g/mol. The van der Waals surface area contributed by atoms with Gasteiger partial charge in [-0.05, 0) is 50.1 Å². The highest BCUT2D eigenvalue weighted by molar-refractivity contribution is 7.92. The van der Waals surface area contributed by atoms with Gasteiger partial charge in [-0.15, -0.1) is 0 Å². The largest absolute Gasteiger partial charge is 0.449 e. The van der Waals surface area contributed by atoms with Gasteiger partial charge < -0.3 is 9.64 Å². The van der Waals surface area contributed by atoms with Gasteiger partial charge in [-0.1, -0.05) is 24.3 Å². The number of hydrogen-bond donors (Lipinski definition) is 1. The molecule has 0 aliphatic carbocycles. The summed E-state index contributed by atoms with van der Waals surface area (Å²) in [5.41, 5.74) is 1.49. The van der Waals surface area contributed by atoms with Crippen LogP contribution in [0.3, 0.4) is 0 Å². The molecule has 0 unspecified atom stereocenters. The molecule has 1 atom stereocenters. The van der Waals surface area contributed by atoms with E-state index in [0.29, 0.717) is 5.56 Å². The van der Waals surface area contributed by atoms with Crippen molar-refractivity contribution >= 4 is 27.6 Å². The van der Waals surface area contributed by atoms with E-state index in [2.05, 4.69) is 4.72 Å². The molecule has 0 fully saturated rings. The van der Waals surface area contributed by atoms with E-state index >= 15 is 0 Å². The molecule has 150 valence electrons. The second-order valence-corrected chi connectivity index (χ2v) is 8.35. The fourth-order valence-electron chi connectivity index (χ4n) is 2.58. The van der Waals surface area contributed by atoms with E-state index in [9.17, 15) is 18.0 Å². The van der Waals surface area contributed by atoms with Crippen molar-refractivity contribution in [2.75, 3.05) is 18.8 Å². The summed E-state index contributed by atoms with van der Waals surface area (Å²) in [7, 11) is -0.805. The third-order valence-corrected chi connectivity index (χ3v) is 5.60. The Labute approximate surface area is 165 Å². The standard InChI is InChI=1S/C20H24N2O5S/c1-13-10-11-14(2)18(12-13)28(25,26)21-17-9-7-6-8-16(17)20(24)27-15(3)19(23)22(4)5/h6-12,15,21H,1-5H3/t15-/m1/s1. The van der Waals surface area contributed by atoms with Crippen LogP contribution in [-0.4, -0.2) is 45.4 Å². The smallest absolute Gasteiger partial charge is 0.341 e. The minimum atomic E-state index is -3.91. The van der Waals surface area contributed by atoms with Crippen LogP contribution in [0.4, 0.5) is 5.69 Å². The lowest BCUT2D eigenvalue weighted by Crippen LogP contribution is -2.35. The van der Waals surface area contributed by atoms with E-state index in [-0.39, 0.29) is 22.1 Å². The Kier molecular flexibility index (Phi) is 6.45. The average Bonchev–Trinajstić information content (AvgIpc) is 2.62. The Morgan fingerprint density at radius 2 is 1.71 bits per heavy atom. The van der Waals surface area contributed by atoms with Crippen molar-refractivity contribution in [3.63, 3.8) is 0 Å². The molecule has 2 aromatic rings. The zero-order valence-electron chi connectivity index (χ0n) is 16.5. The number of sulfonamides is 1. The molecule has 0 heterocycles. The average molecular weight is 404 g/mol. The Balaban J connectivity index is 2.32. The summed E-state index contributed by atoms with van der Waals surface area (Å²) in [6.45, 7) is 4.96. The first kappa shape index (κ1) is 21.4. The van der Waals surface area contributed by atoms with Gasteiger partial charge in [0.15, 0.2) is 6.10 Å². The zero-order valence-corrected chi connectivity index (χ0v) is 17.3. The van der Waals surface area contributed by atoms with Crippen molar-refractivity contribution in [1.82, 2.24) is 4.90 Å². The van der Waals surface area contributed by atoms with Gasteiger partial charge in [-0.3, -0.25) is 9.52 Å². The van der Waals surface area contributed by atoms with Crippen LogP contribution >= 0.6 is 0 Å². The third kappa shape index (κ3) is 4.89. The summed E-state index contributed by atoms with van der Waals surface area (Å²) in [6.07, 6.45) is -0.994. The minimum Gasteiger partial charge on any atom is -0.449 e. The fourth-order valence-corrected chi connectivity index (χ4v) is 4.00. The second-order valence-electron chi connectivity index (χ2n) is 6.70. The van der Waals surface area contributed by atoms with Crippen LogP contribution in [0.15, 0.2) is 47.4 Å². The van der Waals surface area contributed by atoms with Crippen molar-refractivity contribution < 1.29 is 22.7 Å². The Hall–Kier alpha value is -2.87. The van der Waals surface area contributed by atoms with Crippen LogP contribution in [0.5, 0.6) is 0 Å². The predicted octanol–water partition coefficient (Wildman–Crippen LogP) is 2.74. The van der Waals surface area contributed by atoms with E-state index in [0.717, 1.165) is 5.56 Å². The number of nitrogens with zero attached hydrogens (tertiary/aromatic N) is 1. The number of carbonyl (C=O) groups is 2. The first-order chi connectivity index (χ1) is 13.0. The minimum absolute atomic E-state index is 0.0230. The SMILES string of the molecule is Cc1ccc(C)c(S(=O)(=O)Nc2ccccc2C(=O)O[C@H](C)C(=O)N(C)C)c1. The van der Waals surface area contributed by atoms with Crippen LogP contribution in [0, 0.1) is 13.8 Å². The molecule has 0 aliphatic rings. The number of amides is 1. The molecule has 1 N–H and O–H groups in total. The maximum Gasteiger partial charge on any atom is 0.341 e. The highest BCUT2D eigenvalue weighted by atomic mass is 32.2. The number of likely N-dealkylation sites (N-methyl/N-ethyl adjacent to an activating group) is 1.